The van der Waals surface area contributed by atoms with Crippen molar-refractivity contribution in [2.45, 2.75) is 32.1 Å². The minimum Gasteiger partial charge on any atom is -0.356 e. The minimum atomic E-state index is -0.166. The van der Waals surface area contributed by atoms with Gasteiger partial charge in [0.15, 0.2) is 0 Å². The van der Waals surface area contributed by atoms with E-state index in [2.05, 4.69) is 17.0 Å². The molecule has 0 atom stereocenters. The molecular weight excluding hydrogens is 464 g/mol. The zero-order chi connectivity index (χ0) is 23.5. The molecule has 0 radical (unpaired) electrons. The Labute approximate surface area is 208 Å². The molecule has 1 aromatic carbocycles. The van der Waals surface area contributed by atoms with Crippen LogP contribution in [0.3, 0.4) is 0 Å². The lowest BCUT2D eigenvalue weighted by molar-refractivity contribution is -0.122. The molecular formula is C26H26N4O2S2. The summed E-state index contributed by atoms with van der Waals surface area (Å²) in [5.74, 6) is 0.524. The number of benzene rings is 1. The van der Waals surface area contributed by atoms with Gasteiger partial charge in [0.25, 0.3) is 11.5 Å². The van der Waals surface area contributed by atoms with Gasteiger partial charge in [-0.1, -0.05) is 60.4 Å². The van der Waals surface area contributed by atoms with Gasteiger partial charge in [-0.15, -0.1) is 0 Å². The fourth-order valence-electron chi connectivity index (χ4n) is 4.47. The van der Waals surface area contributed by atoms with Gasteiger partial charge in [0.1, 0.15) is 15.8 Å². The third-order valence-corrected chi connectivity index (χ3v) is 7.62. The number of fused-ring (bicyclic) bond motifs is 1. The Bertz CT molecular complexity index is 1310. The van der Waals surface area contributed by atoms with Crippen molar-refractivity contribution in [3.8, 4) is 0 Å². The molecule has 2 aromatic heterocycles. The Morgan fingerprint density at radius 1 is 1.00 bits per heavy atom. The maximum Gasteiger partial charge on any atom is 0.267 e. The molecule has 2 saturated heterocycles. The SMILES string of the molecule is O=C1/C(=C/c2c(N3CCCCC3)nc3ccccn3c2=O)SC(=S)N1CCCc1ccccc1. The second-order valence-corrected chi connectivity index (χ2v) is 10.2. The predicted molar refractivity (Wildman–Crippen MR) is 142 cm³/mol. The first kappa shape index (κ1) is 22.8. The smallest absolute Gasteiger partial charge is 0.267 e. The third kappa shape index (κ3) is 4.65. The average Bonchev–Trinajstić information content (AvgIpc) is 3.14. The standard InChI is InChI=1S/C26H26N4O2S2/c31-24-20(23(28-14-6-2-7-15-28)27-22-13-5-8-16-29(22)24)18-21-25(32)30(26(33)34-21)17-9-12-19-10-3-1-4-11-19/h1,3-5,8,10-11,13,16,18H,2,6-7,9,12,14-15,17H2/b21-18-. The minimum absolute atomic E-state index is 0.134. The third-order valence-electron chi connectivity index (χ3n) is 6.24. The molecule has 0 unspecified atom stereocenters. The molecule has 0 aliphatic carbocycles. The van der Waals surface area contributed by atoms with Gasteiger partial charge in [-0.2, -0.15) is 0 Å². The number of anilines is 1. The summed E-state index contributed by atoms with van der Waals surface area (Å²) in [5, 5.41) is 0. The molecule has 34 heavy (non-hydrogen) atoms. The molecule has 2 fully saturated rings. The number of carbonyl (C=O) groups is 1. The highest BCUT2D eigenvalue weighted by Gasteiger charge is 2.32. The van der Waals surface area contributed by atoms with Gasteiger partial charge in [0.2, 0.25) is 0 Å². The van der Waals surface area contributed by atoms with Gasteiger partial charge in [-0.05, 0) is 55.9 Å². The zero-order valence-electron chi connectivity index (χ0n) is 18.9. The first-order valence-corrected chi connectivity index (χ1v) is 12.9. The van der Waals surface area contributed by atoms with E-state index in [0.29, 0.717) is 32.8 Å². The predicted octanol–water partition coefficient (Wildman–Crippen LogP) is 4.52. The van der Waals surface area contributed by atoms with Crippen molar-refractivity contribution in [1.82, 2.24) is 14.3 Å². The van der Waals surface area contributed by atoms with Crippen molar-refractivity contribution < 1.29 is 4.79 Å². The Morgan fingerprint density at radius 2 is 1.76 bits per heavy atom. The van der Waals surface area contributed by atoms with Crippen LogP contribution in [0.5, 0.6) is 0 Å². The topological polar surface area (TPSA) is 57.9 Å². The Kier molecular flexibility index (Phi) is 6.78. The first-order valence-electron chi connectivity index (χ1n) is 11.7. The lowest BCUT2D eigenvalue weighted by Gasteiger charge is -2.29. The molecule has 0 saturated carbocycles. The molecule has 4 heterocycles. The van der Waals surface area contributed by atoms with Crippen LogP contribution in [-0.4, -0.2) is 44.1 Å². The van der Waals surface area contributed by atoms with E-state index < -0.39 is 0 Å². The summed E-state index contributed by atoms with van der Waals surface area (Å²) in [5.41, 5.74) is 2.14. The molecule has 2 aliphatic heterocycles. The van der Waals surface area contributed by atoms with Crippen LogP contribution in [0.1, 0.15) is 36.8 Å². The van der Waals surface area contributed by atoms with E-state index in [4.69, 9.17) is 17.2 Å². The molecule has 3 aromatic rings. The molecule has 174 valence electrons. The van der Waals surface area contributed by atoms with Crippen LogP contribution in [0, 0.1) is 0 Å². The molecule has 0 bridgehead atoms. The van der Waals surface area contributed by atoms with Crippen LogP contribution in [-0.2, 0) is 11.2 Å². The largest absolute Gasteiger partial charge is 0.356 e. The van der Waals surface area contributed by atoms with Gasteiger partial charge < -0.3 is 4.90 Å². The van der Waals surface area contributed by atoms with Crippen LogP contribution in [0.25, 0.3) is 11.7 Å². The molecule has 2 aliphatic rings. The zero-order valence-corrected chi connectivity index (χ0v) is 20.5. The lowest BCUT2D eigenvalue weighted by atomic mass is 10.1. The van der Waals surface area contributed by atoms with Crippen molar-refractivity contribution in [3.63, 3.8) is 0 Å². The summed E-state index contributed by atoms with van der Waals surface area (Å²) >= 11 is 6.79. The van der Waals surface area contributed by atoms with Crippen molar-refractivity contribution >= 4 is 51.7 Å². The lowest BCUT2D eigenvalue weighted by Crippen LogP contribution is -2.33. The average molecular weight is 491 g/mol. The fourth-order valence-corrected chi connectivity index (χ4v) is 5.76. The van der Waals surface area contributed by atoms with E-state index in [1.807, 2.05) is 36.4 Å². The van der Waals surface area contributed by atoms with Gasteiger partial charge in [-0.25, -0.2) is 4.98 Å². The fraction of sp³-hybridized carbons (Fsp3) is 0.308. The highest BCUT2D eigenvalue weighted by Crippen LogP contribution is 2.34. The number of nitrogens with zero attached hydrogens (tertiary/aromatic N) is 4. The number of aryl methyl sites for hydroxylation is 1. The van der Waals surface area contributed by atoms with Crippen molar-refractivity contribution in [3.05, 3.63) is 81.1 Å². The molecule has 1 amide bonds. The summed E-state index contributed by atoms with van der Waals surface area (Å²) in [6.07, 6.45) is 8.44. The highest BCUT2D eigenvalue weighted by molar-refractivity contribution is 8.26. The van der Waals surface area contributed by atoms with Crippen LogP contribution in [0.15, 0.2) is 64.4 Å². The summed E-state index contributed by atoms with van der Waals surface area (Å²) in [6.45, 7) is 2.28. The summed E-state index contributed by atoms with van der Waals surface area (Å²) < 4.78 is 2.08. The number of thiocarbonyl (C=S) groups is 1. The Morgan fingerprint density at radius 3 is 2.56 bits per heavy atom. The van der Waals surface area contributed by atoms with Crippen LogP contribution < -0.4 is 10.5 Å². The van der Waals surface area contributed by atoms with Crippen molar-refractivity contribution in [2.75, 3.05) is 24.5 Å². The van der Waals surface area contributed by atoms with Crippen molar-refractivity contribution in [2.24, 2.45) is 0 Å². The van der Waals surface area contributed by atoms with E-state index in [-0.39, 0.29) is 11.5 Å². The summed E-state index contributed by atoms with van der Waals surface area (Å²) in [7, 11) is 0. The number of carbonyl (C=O) groups excluding carboxylic acids is 1. The number of rotatable bonds is 6. The van der Waals surface area contributed by atoms with E-state index in [1.165, 1.54) is 23.7 Å². The van der Waals surface area contributed by atoms with Crippen LogP contribution in [0.4, 0.5) is 5.82 Å². The Balaban J connectivity index is 1.44. The van der Waals surface area contributed by atoms with Crippen LogP contribution >= 0.6 is 24.0 Å². The van der Waals surface area contributed by atoms with Crippen molar-refractivity contribution in [1.29, 1.82) is 0 Å². The van der Waals surface area contributed by atoms with Gasteiger partial charge in [0, 0.05) is 25.8 Å². The second-order valence-electron chi connectivity index (χ2n) is 8.55. The van der Waals surface area contributed by atoms with E-state index >= 15 is 0 Å². The van der Waals surface area contributed by atoms with Crippen LogP contribution in [0.2, 0.25) is 0 Å². The van der Waals surface area contributed by atoms with Gasteiger partial charge in [0.05, 0.1) is 10.5 Å². The monoisotopic (exact) mass is 490 g/mol. The maximum absolute atomic E-state index is 13.5. The van der Waals surface area contributed by atoms with Gasteiger partial charge in [-0.3, -0.25) is 18.9 Å². The van der Waals surface area contributed by atoms with E-state index in [1.54, 1.807) is 21.6 Å². The summed E-state index contributed by atoms with van der Waals surface area (Å²) in [4.78, 5) is 35.8. The number of hydrogen-bond donors (Lipinski definition) is 0. The molecule has 5 rings (SSSR count). The molecule has 8 heteroatoms. The highest BCUT2D eigenvalue weighted by atomic mass is 32.2. The molecule has 6 nitrogen and oxygen atoms in total. The quantitative estimate of drug-likeness (QED) is 0.374. The normalized spacial score (nSPS) is 17.8. The number of amides is 1. The Hall–Kier alpha value is -2.97. The number of pyridine rings is 1. The maximum atomic E-state index is 13.5. The second kappa shape index (κ2) is 10.1. The molecule has 0 spiro atoms. The number of piperidine rings is 1. The number of hydrogen-bond acceptors (Lipinski definition) is 6. The first-order chi connectivity index (χ1) is 16.6. The molecule has 0 N–H and O–H groups in total. The van der Waals surface area contributed by atoms with E-state index in [9.17, 15) is 9.59 Å². The van der Waals surface area contributed by atoms with E-state index in [0.717, 1.165) is 38.8 Å². The number of thioether (sulfide) groups is 1. The summed E-state index contributed by atoms with van der Waals surface area (Å²) in [6, 6.07) is 15.7. The number of aromatic nitrogens is 2. The van der Waals surface area contributed by atoms with Gasteiger partial charge >= 0.3 is 0 Å².